The first-order chi connectivity index (χ1) is 18.0. The van der Waals surface area contributed by atoms with Gasteiger partial charge in [0, 0.05) is 17.4 Å². The normalized spacial score (nSPS) is 10.7. The van der Waals surface area contributed by atoms with E-state index in [1.165, 1.54) is 0 Å². The van der Waals surface area contributed by atoms with E-state index in [1.807, 2.05) is 98.8 Å². The molecule has 1 N–H and O–H groups in total. The van der Waals surface area contributed by atoms with Gasteiger partial charge < -0.3 is 14.8 Å². The Labute approximate surface area is 216 Å². The van der Waals surface area contributed by atoms with Gasteiger partial charge in [0.1, 0.15) is 11.4 Å². The molecule has 184 valence electrons. The Morgan fingerprint density at radius 3 is 2.22 bits per heavy atom. The first kappa shape index (κ1) is 23.9. The SMILES string of the molecule is COc1cc(C)ccc1Oc1ccc(NC(=O)c2cn(-c3ccccc3)nc2-c2ccc(C)cc2)cc1. The molecule has 1 amide bonds. The highest BCUT2D eigenvalue weighted by Crippen LogP contribution is 2.33. The van der Waals surface area contributed by atoms with Crippen LogP contribution >= 0.6 is 0 Å². The summed E-state index contributed by atoms with van der Waals surface area (Å²) >= 11 is 0. The van der Waals surface area contributed by atoms with E-state index in [4.69, 9.17) is 14.6 Å². The van der Waals surface area contributed by atoms with E-state index < -0.39 is 0 Å². The highest BCUT2D eigenvalue weighted by molar-refractivity contribution is 6.08. The van der Waals surface area contributed by atoms with Crippen LogP contribution in [0.4, 0.5) is 5.69 Å². The number of amides is 1. The Balaban J connectivity index is 1.39. The van der Waals surface area contributed by atoms with Gasteiger partial charge in [-0.1, -0.05) is 54.1 Å². The van der Waals surface area contributed by atoms with Crippen molar-refractivity contribution >= 4 is 11.6 Å². The number of ether oxygens (including phenoxy) is 2. The van der Waals surface area contributed by atoms with Gasteiger partial charge in [0.2, 0.25) is 0 Å². The summed E-state index contributed by atoms with van der Waals surface area (Å²) in [4.78, 5) is 13.4. The number of aromatic nitrogens is 2. The molecule has 1 heterocycles. The molecule has 1 aromatic heterocycles. The number of hydrogen-bond donors (Lipinski definition) is 1. The Morgan fingerprint density at radius 2 is 1.51 bits per heavy atom. The Kier molecular flexibility index (Phi) is 6.72. The van der Waals surface area contributed by atoms with Crippen molar-refractivity contribution < 1.29 is 14.3 Å². The fraction of sp³-hybridized carbons (Fsp3) is 0.0968. The first-order valence-corrected chi connectivity index (χ1v) is 12.0. The average Bonchev–Trinajstić information content (AvgIpc) is 3.37. The number of nitrogens with zero attached hydrogens (tertiary/aromatic N) is 2. The van der Waals surface area contributed by atoms with Gasteiger partial charge in [-0.25, -0.2) is 4.68 Å². The summed E-state index contributed by atoms with van der Waals surface area (Å²) in [5, 5.41) is 7.74. The van der Waals surface area contributed by atoms with Crippen molar-refractivity contribution in [1.82, 2.24) is 9.78 Å². The zero-order valence-electron chi connectivity index (χ0n) is 20.9. The molecular formula is C31H27N3O3. The molecule has 0 aliphatic carbocycles. The van der Waals surface area contributed by atoms with E-state index in [9.17, 15) is 4.79 Å². The summed E-state index contributed by atoms with van der Waals surface area (Å²) in [6.07, 6.45) is 1.76. The van der Waals surface area contributed by atoms with Gasteiger partial charge in [-0.05, 0) is 67.9 Å². The van der Waals surface area contributed by atoms with Crippen LogP contribution in [0.1, 0.15) is 21.5 Å². The summed E-state index contributed by atoms with van der Waals surface area (Å²) in [7, 11) is 1.62. The van der Waals surface area contributed by atoms with Crippen LogP contribution in [0.25, 0.3) is 16.9 Å². The number of nitrogens with one attached hydrogen (secondary N) is 1. The van der Waals surface area contributed by atoms with Crippen molar-refractivity contribution in [3.8, 4) is 34.2 Å². The van der Waals surface area contributed by atoms with Gasteiger partial charge in [0.15, 0.2) is 11.5 Å². The molecular weight excluding hydrogens is 462 g/mol. The van der Waals surface area contributed by atoms with Crippen molar-refractivity contribution in [2.45, 2.75) is 13.8 Å². The standard InChI is InChI=1S/C31H27N3O3/c1-21-9-12-23(13-10-21)30-27(20-34(33-30)25-7-5-4-6-8-25)31(35)32-24-14-16-26(17-15-24)37-28-18-11-22(2)19-29(28)36-3/h4-20H,1-3H3,(H,32,35). The minimum atomic E-state index is -0.244. The number of anilines is 1. The molecule has 0 unspecified atom stereocenters. The predicted molar refractivity (Wildman–Crippen MR) is 146 cm³/mol. The second-order valence-corrected chi connectivity index (χ2v) is 8.77. The smallest absolute Gasteiger partial charge is 0.259 e. The van der Waals surface area contributed by atoms with Crippen LogP contribution in [-0.4, -0.2) is 22.8 Å². The molecule has 0 bridgehead atoms. The van der Waals surface area contributed by atoms with Gasteiger partial charge in [-0.15, -0.1) is 0 Å². The Bertz CT molecular complexity index is 1520. The van der Waals surface area contributed by atoms with E-state index in [0.29, 0.717) is 34.2 Å². The number of methoxy groups -OCH3 is 1. The summed E-state index contributed by atoms with van der Waals surface area (Å²) in [5.41, 5.74) is 5.73. The number of carbonyl (C=O) groups is 1. The van der Waals surface area contributed by atoms with E-state index >= 15 is 0 Å². The number of benzene rings is 4. The van der Waals surface area contributed by atoms with Crippen LogP contribution in [0.15, 0.2) is 103 Å². The molecule has 0 aliphatic heterocycles. The molecule has 6 heteroatoms. The maximum Gasteiger partial charge on any atom is 0.259 e. The molecule has 5 aromatic rings. The summed E-state index contributed by atoms with van der Waals surface area (Å²) in [6.45, 7) is 4.03. The van der Waals surface area contributed by atoms with Crippen LogP contribution in [-0.2, 0) is 0 Å². The van der Waals surface area contributed by atoms with E-state index in [2.05, 4.69) is 5.32 Å². The monoisotopic (exact) mass is 489 g/mol. The van der Waals surface area contributed by atoms with Crippen molar-refractivity contribution in [2.75, 3.05) is 12.4 Å². The van der Waals surface area contributed by atoms with Crippen LogP contribution in [0.3, 0.4) is 0 Å². The fourth-order valence-electron chi connectivity index (χ4n) is 3.97. The minimum absolute atomic E-state index is 0.244. The van der Waals surface area contributed by atoms with E-state index in [-0.39, 0.29) is 5.91 Å². The van der Waals surface area contributed by atoms with Gasteiger partial charge in [-0.2, -0.15) is 5.10 Å². The molecule has 0 aliphatic rings. The van der Waals surface area contributed by atoms with Crippen molar-refractivity contribution in [3.05, 3.63) is 120 Å². The Hall–Kier alpha value is -4.84. The zero-order valence-corrected chi connectivity index (χ0v) is 20.9. The maximum atomic E-state index is 13.4. The minimum Gasteiger partial charge on any atom is -0.493 e. The highest BCUT2D eigenvalue weighted by Gasteiger charge is 2.19. The molecule has 0 saturated carbocycles. The molecule has 0 atom stereocenters. The lowest BCUT2D eigenvalue weighted by atomic mass is 10.1. The van der Waals surface area contributed by atoms with Gasteiger partial charge in [-0.3, -0.25) is 4.79 Å². The Morgan fingerprint density at radius 1 is 0.811 bits per heavy atom. The lowest BCUT2D eigenvalue weighted by Gasteiger charge is -2.12. The quantitative estimate of drug-likeness (QED) is 0.262. The largest absolute Gasteiger partial charge is 0.493 e. The van der Waals surface area contributed by atoms with E-state index in [0.717, 1.165) is 22.4 Å². The average molecular weight is 490 g/mol. The van der Waals surface area contributed by atoms with Crippen LogP contribution in [0.5, 0.6) is 17.2 Å². The molecule has 0 radical (unpaired) electrons. The van der Waals surface area contributed by atoms with Crippen molar-refractivity contribution in [2.24, 2.45) is 0 Å². The summed E-state index contributed by atoms with van der Waals surface area (Å²) in [5.74, 6) is 1.68. The summed E-state index contributed by atoms with van der Waals surface area (Å²) in [6, 6.07) is 30.7. The van der Waals surface area contributed by atoms with Gasteiger partial charge in [0.05, 0.1) is 18.4 Å². The van der Waals surface area contributed by atoms with Crippen molar-refractivity contribution in [1.29, 1.82) is 0 Å². The molecule has 4 aromatic carbocycles. The third-order valence-corrected chi connectivity index (χ3v) is 5.96. The first-order valence-electron chi connectivity index (χ1n) is 12.0. The third-order valence-electron chi connectivity index (χ3n) is 5.96. The molecule has 37 heavy (non-hydrogen) atoms. The molecule has 5 rings (SSSR count). The summed E-state index contributed by atoms with van der Waals surface area (Å²) < 4.78 is 13.1. The lowest BCUT2D eigenvalue weighted by Crippen LogP contribution is -2.12. The van der Waals surface area contributed by atoms with Gasteiger partial charge in [0.25, 0.3) is 5.91 Å². The molecule has 0 spiro atoms. The maximum absolute atomic E-state index is 13.4. The van der Waals surface area contributed by atoms with Gasteiger partial charge >= 0.3 is 0 Å². The number of carbonyl (C=O) groups excluding carboxylic acids is 1. The second-order valence-electron chi connectivity index (χ2n) is 8.77. The zero-order chi connectivity index (χ0) is 25.8. The number of hydrogen-bond acceptors (Lipinski definition) is 4. The molecule has 0 saturated heterocycles. The van der Waals surface area contributed by atoms with E-state index in [1.54, 1.807) is 30.1 Å². The second kappa shape index (κ2) is 10.4. The number of rotatable bonds is 7. The molecule has 6 nitrogen and oxygen atoms in total. The van der Waals surface area contributed by atoms with Crippen LogP contribution in [0.2, 0.25) is 0 Å². The lowest BCUT2D eigenvalue weighted by molar-refractivity contribution is 0.102. The fourth-order valence-corrected chi connectivity index (χ4v) is 3.97. The molecule has 0 fully saturated rings. The van der Waals surface area contributed by atoms with Crippen LogP contribution in [0, 0.1) is 13.8 Å². The topological polar surface area (TPSA) is 65.4 Å². The predicted octanol–water partition coefficient (Wildman–Crippen LogP) is 7.21. The third kappa shape index (κ3) is 5.38. The number of aryl methyl sites for hydroxylation is 2. The number of para-hydroxylation sites is 1. The van der Waals surface area contributed by atoms with Crippen LogP contribution < -0.4 is 14.8 Å². The highest BCUT2D eigenvalue weighted by atomic mass is 16.5. The van der Waals surface area contributed by atoms with Crippen molar-refractivity contribution in [3.63, 3.8) is 0 Å².